The molecule has 2 aromatic rings. The molecule has 0 unspecified atom stereocenters. The molecule has 0 bridgehead atoms. The average molecular weight is 474 g/mol. The molecule has 0 saturated carbocycles. The number of nitrogens with zero attached hydrogens (tertiary/aromatic N) is 2. The second-order valence-corrected chi connectivity index (χ2v) is 10.1. The lowest BCUT2D eigenvalue weighted by Crippen LogP contribution is -2.40. The summed E-state index contributed by atoms with van der Waals surface area (Å²) in [4.78, 5) is 15.0. The highest BCUT2D eigenvalue weighted by Crippen LogP contribution is 2.32. The van der Waals surface area contributed by atoms with Crippen molar-refractivity contribution in [2.75, 3.05) is 49.6 Å². The number of carbonyl (C=O) groups is 1. The molecule has 1 N–H and O–H groups in total. The fraction of sp³-hybridized carbons (Fsp3) is 0.375. The quantitative estimate of drug-likeness (QED) is 0.650. The molecule has 4 rings (SSSR count). The number of carbonyl (C=O) groups excluding carboxylic acids is 1. The zero-order chi connectivity index (χ0) is 23.3. The van der Waals surface area contributed by atoms with Gasteiger partial charge in [-0.3, -0.25) is 4.79 Å². The van der Waals surface area contributed by atoms with E-state index in [1.807, 2.05) is 0 Å². The number of amides is 1. The van der Waals surface area contributed by atoms with Crippen molar-refractivity contribution in [1.82, 2.24) is 4.31 Å². The number of piperidine rings is 1. The molecule has 2 aliphatic heterocycles. The lowest BCUT2D eigenvalue weighted by Gasteiger charge is -2.31. The Morgan fingerprint density at radius 2 is 1.67 bits per heavy atom. The van der Waals surface area contributed by atoms with E-state index in [-0.39, 0.29) is 10.7 Å². The number of halogens is 1. The van der Waals surface area contributed by atoms with E-state index >= 15 is 0 Å². The monoisotopic (exact) mass is 473 g/mol. The van der Waals surface area contributed by atoms with Crippen LogP contribution in [0.5, 0.6) is 0 Å². The van der Waals surface area contributed by atoms with Gasteiger partial charge in [0.2, 0.25) is 15.9 Å². The topological polar surface area (TPSA) is 79.0 Å². The van der Waals surface area contributed by atoms with Gasteiger partial charge < -0.3 is 15.0 Å². The Kier molecular flexibility index (Phi) is 7.42. The third kappa shape index (κ3) is 5.79. The number of hydrogen-bond donors (Lipinski definition) is 1. The maximum atomic E-state index is 13.2. The van der Waals surface area contributed by atoms with Crippen LogP contribution in [0.3, 0.4) is 0 Å². The lowest BCUT2D eigenvalue weighted by atomic mass is 10.1. The van der Waals surface area contributed by atoms with Crippen molar-refractivity contribution in [1.29, 1.82) is 0 Å². The first-order chi connectivity index (χ1) is 15.9. The number of sulfonamides is 1. The molecule has 2 heterocycles. The molecular weight excluding hydrogens is 445 g/mol. The van der Waals surface area contributed by atoms with Gasteiger partial charge in [0.25, 0.3) is 0 Å². The summed E-state index contributed by atoms with van der Waals surface area (Å²) in [6.45, 7) is 3.04. The van der Waals surface area contributed by atoms with Gasteiger partial charge in [0.1, 0.15) is 5.82 Å². The van der Waals surface area contributed by atoms with Gasteiger partial charge >= 0.3 is 0 Å². The molecule has 0 aliphatic carbocycles. The highest BCUT2D eigenvalue weighted by Gasteiger charge is 2.28. The standard InChI is InChI=1S/C24H28FN3O4S/c25-20-7-4-19(5-8-20)6-11-24(29)26-22-18-21(33(30,31)28-14-16-32-17-15-28)9-10-23(22)27-12-2-1-3-13-27/h4-11,18H,1-3,12-17H2,(H,26,29)/b11-6-. The molecule has 1 amide bonds. The van der Waals surface area contributed by atoms with Crippen LogP contribution in [0.2, 0.25) is 0 Å². The van der Waals surface area contributed by atoms with Crippen LogP contribution < -0.4 is 10.2 Å². The van der Waals surface area contributed by atoms with Gasteiger partial charge in [0, 0.05) is 32.3 Å². The van der Waals surface area contributed by atoms with Crippen LogP contribution in [-0.4, -0.2) is 58.0 Å². The van der Waals surface area contributed by atoms with E-state index in [9.17, 15) is 17.6 Å². The summed E-state index contributed by atoms with van der Waals surface area (Å²) < 4.78 is 46.1. The normalized spacial score (nSPS) is 17.9. The van der Waals surface area contributed by atoms with E-state index in [2.05, 4.69) is 10.2 Å². The average Bonchev–Trinajstić information content (AvgIpc) is 2.85. The van der Waals surface area contributed by atoms with Crippen LogP contribution in [-0.2, 0) is 19.6 Å². The van der Waals surface area contributed by atoms with E-state index in [1.165, 1.54) is 22.5 Å². The van der Waals surface area contributed by atoms with Gasteiger partial charge in [-0.15, -0.1) is 0 Å². The Morgan fingerprint density at radius 1 is 0.970 bits per heavy atom. The molecule has 2 fully saturated rings. The number of ether oxygens (including phenoxy) is 1. The highest BCUT2D eigenvalue weighted by molar-refractivity contribution is 7.89. The van der Waals surface area contributed by atoms with Crippen molar-refractivity contribution in [2.24, 2.45) is 0 Å². The summed E-state index contributed by atoms with van der Waals surface area (Å²) in [7, 11) is -3.70. The molecule has 176 valence electrons. The predicted molar refractivity (Wildman–Crippen MR) is 126 cm³/mol. The van der Waals surface area contributed by atoms with Crippen LogP contribution in [0.15, 0.2) is 53.4 Å². The van der Waals surface area contributed by atoms with Gasteiger partial charge in [-0.25, -0.2) is 12.8 Å². The van der Waals surface area contributed by atoms with E-state index in [0.29, 0.717) is 37.6 Å². The van der Waals surface area contributed by atoms with Crippen molar-refractivity contribution in [2.45, 2.75) is 24.2 Å². The number of rotatable bonds is 6. The minimum Gasteiger partial charge on any atom is -0.379 e. The third-order valence-electron chi connectivity index (χ3n) is 5.83. The molecule has 0 radical (unpaired) electrons. The van der Waals surface area contributed by atoms with E-state index < -0.39 is 15.9 Å². The van der Waals surface area contributed by atoms with E-state index in [4.69, 9.17) is 4.74 Å². The second-order valence-electron chi connectivity index (χ2n) is 8.12. The van der Waals surface area contributed by atoms with Crippen molar-refractivity contribution in [3.63, 3.8) is 0 Å². The number of morpholine rings is 1. The SMILES string of the molecule is O=C(/C=C\c1ccc(F)cc1)Nc1cc(S(=O)(=O)N2CCOCC2)ccc1N1CCCCC1. The summed E-state index contributed by atoms with van der Waals surface area (Å²) in [6.07, 6.45) is 6.19. The van der Waals surface area contributed by atoms with Gasteiger partial charge in [-0.05, 0) is 61.2 Å². The van der Waals surface area contributed by atoms with Crippen LogP contribution in [0.4, 0.5) is 15.8 Å². The Morgan fingerprint density at radius 3 is 2.36 bits per heavy atom. The van der Waals surface area contributed by atoms with Gasteiger partial charge in [0.05, 0.1) is 29.5 Å². The van der Waals surface area contributed by atoms with Gasteiger partial charge in [-0.1, -0.05) is 12.1 Å². The van der Waals surface area contributed by atoms with Crippen molar-refractivity contribution in [3.05, 3.63) is 59.9 Å². The molecule has 33 heavy (non-hydrogen) atoms. The molecule has 0 spiro atoms. The maximum Gasteiger partial charge on any atom is 0.248 e. The molecular formula is C24H28FN3O4S. The molecule has 7 nitrogen and oxygen atoms in total. The molecule has 0 atom stereocenters. The minimum absolute atomic E-state index is 0.142. The zero-order valence-electron chi connectivity index (χ0n) is 18.4. The van der Waals surface area contributed by atoms with Crippen molar-refractivity contribution >= 4 is 33.4 Å². The first kappa shape index (κ1) is 23.4. The molecule has 9 heteroatoms. The Balaban J connectivity index is 1.60. The second kappa shape index (κ2) is 10.5. The summed E-state index contributed by atoms with van der Waals surface area (Å²) in [5.74, 6) is -0.737. The largest absolute Gasteiger partial charge is 0.379 e. The van der Waals surface area contributed by atoms with Gasteiger partial charge in [0.15, 0.2) is 0 Å². The van der Waals surface area contributed by atoms with E-state index in [1.54, 1.807) is 36.4 Å². The van der Waals surface area contributed by atoms with Crippen LogP contribution in [0.25, 0.3) is 6.08 Å². The number of hydrogen-bond acceptors (Lipinski definition) is 5. The van der Waals surface area contributed by atoms with Crippen LogP contribution in [0, 0.1) is 5.82 Å². The number of anilines is 2. The zero-order valence-corrected chi connectivity index (χ0v) is 19.2. The molecule has 2 saturated heterocycles. The smallest absolute Gasteiger partial charge is 0.248 e. The Bertz CT molecular complexity index is 1110. The summed E-state index contributed by atoms with van der Waals surface area (Å²) >= 11 is 0. The number of nitrogens with one attached hydrogen (secondary N) is 1. The molecule has 2 aromatic carbocycles. The summed E-state index contributed by atoms with van der Waals surface area (Å²) in [5, 5.41) is 2.86. The molecule has 2 aliphatic rings. The van der Waals surface area contributed by atoms with Crippen LogP contribution >= 0.6 is 0 Å². The first-order valence-electron chi connectivity index (χ1n) is 11.1. The summed E-state index contributed by atoms with van der Waals surface area (Å²) in [6, 6.07) is 10.7. The first-order valence-corrected chi connectivity index (χ1v) is 12.6. The molecule has 0 aromatic heterocycles. The lowest BCUT2D eigenvalue weighted by molar-refractivity contribution is -0.111. The fourth-order valence-corrected chi connectivity index (χ4v) is 5.48. The van der Waals surface area contributed by atoms with Crippen LogP contribution in [0.1, 0.15) is 24.8 Å². The fourth-order valence-electron chi connectivity index (χ4n) is 4.04. The van der Waals surface area contributed by atoms with Gasteiger partial charge in [-0.2, -0.15) is 4.31 Å². The Hall–Kier alpha value is -2.75. The minimum atomic E-state index is -3.70. The van der Waals surface area contributed by atoms with Crippen molar-refractivity contribution < 1.29 is 22.3 Å². The summed E-state index contributed by atoms with van der Waals surface area (Å²) in [5.41, 5.74) is 1.95. The highest BCUT2D eigenvalue weighted by atomic mass is 32.2. The third-order valence-corrected chi connectivity index (χ3v) is 7.72. The predicted octanol–water partition coefficient (Wildman–Crippen LogP) is 3.49. The number of benzene rings is 2. The van der Waals surface area contributed by atoms with Crippen molar-refractivity contribution in [3.8, 4) is 0 Å². The van der Waals surface area contributed by atoms with E-state index in [0.717, 1.165) is 38.0 Å². The Labute approximate surface area is 193 Å². The maximum absolute atomic E-state index is 13.2.